The van der Waals surface area contributed by atoms with Crippen molar-refractivity contribution in [3.63, 3.8) is 0 Å². The van der Waals surface area contributed by atoms with Crippen LogP contribution >= 0.6 is 0 Å². The van der Waals surface area contributed by atoms with Gasteiger partial charge in [-0.2, -0.15) is 0 Å². The number of aryl methyl sites for hydroxylation is 2. The number of hydrogen-bond acceptors (Lipinski definition) is 4. The third-order valence-electron chi connectivity index (χ3n) is 5.41. The van der Waals surface area contributed by atoms with Crippen molar-refractivity contribution in [2.24, 2.45) is 0 Å². The summed E-state index contributed by atoms with van der Waals surface area (Å²) in [5, 5.41) is 0.908. The fraction of sp³-hybridized carbons (Fsp3) is 0.304. The molecular weight excluding hydrogens is 354 g/mol. The minimum absolute atomic E-state index is 0.0355. The van der Waals surface area contributed by atoms with Gasteiger partial charge in [0.15, 0.2) is 6.61 Å². The van der Waals surface area contributed by atoms with Gasteiger partial charge in [-0.3, -0.25) is 4.79 Å². The number of carbonyl (C=O) groups excluding carboxylic acids is 1. The molecule has 5 heteroatoms. The lowest BCUT2D eigenvalue weighted by molar-refractivity contribution is -0.134. The van der Waals surface area contributed by atoms with E-state index in [0.717, 1.165) is 29.4 Å². The first kappa shape index (κ1) is 18.3. The number of nitrogens with zero attached hydrogens (tertiary/aromatic N) is 1. The van der Waals surface area contributed by atoms with Gasteiger partial charge in [-0.15, -0.1) is 0 Å². The van der Waals surface area contributed by atoms with Crippen molar-refractivity contribution in [1.29, 1.82) is 0 Å². The Labute approximate surface area is 163 Å². The molecule has 0 radical (unpaired) electrons. The van der Waals surface area contributed by atoms with E-state index in [9.17, 15) is 9.59 Å². The molecule has 5 nitrogen and oxygen atoms in total. The Morgan fingerprint density at radius 3 is 2.75 bits per heavy atom. The quantitative estimate of drug-likeness (QED) is 0.652. The summed E-state index contributed by atoms with van der Waals surface area (Å²) in [5.74, 6) is 0.521. The molecule has 0 fully saturated rings. The van der Waals surface area contributed by atoms with Gasteiger partial charge >= 0.3 is 5.63 Å². The van der Waals surface area contributed by atoms with Gasteiger partial charge < -0.3 is 14.1 Å². The van der Waals surface area contributed by atoms with Crippen LogP contribution in [0.1, 0.15) is 29.2 Å². The van der Waals surface area contributed by atoms with E-state index < -0.39 is 0 Å². The topological polar surface area (TPSA) is 59.8 Å². The molecule has 4 rings (SSSR count). The summed E-state index contributed by atoms with van der Waals surface area (Å²) in [5.41, 5.74) is 4.34. The predicted molar refractivity (Wildman–Crippen MR) is 108 cm³/mol. The van der Waals surface area contributed by atoms with E-state index >= 15 is 0 Å². The largest absolute Gasteiger partial charge is 0.483 e. The molecule has 2 aromatic carbocycles. The van der Waals surface area contributed by atoms with Crippen LogP contribution in [0, 0.1) is 6.92 Å². The number of hydrogen-bond donors (Lipinski definition) is 0. The Balaban J connectivity index is 1.51. The first-order valence-corrected chi connectivity index (χ1v) is 9.60. The smallest absolute Gasteiger partial charge is 0.336 e. The maximum atomic E-state index is 12.6. The van der Waals surface area contributed by atoms with Crippen LogP contribution in [-0.2, 0) is 24.2 Å². The van der Waals surface area contributed by atoms with Gasteiger partial charge in [0.05, 0.1) is 0 Å². The standard InChI is InChI=1S/C23H23NO4/c1-3-16-12-22(26)28-23-15(2)20(9-8-19(16)23)27-14-21(25)24-11-10-17-6-4-5-7-18(17)13-24/h4-9,12H,3,10-11,13-14H2,1-2H3. The summed E-state index contributed by atoms with van der Waals surface area (Å²) >= 11 is 0. The van der Waals surface area contributed by atoms with Crippen molar-refractivity contribution < 1.29 is 13.9 Å². The van der Waals surface area contributed by atoms with Crippen LogP contribution in [0.25, 0.3) is 11.0 Å². The van der Waals surface area contributed by atoms with Gasteiger partial charge in [-0.1, -0.05) is 31.2 Å². The second-order valence-corrected chi connectivity index (χ2v) is 7.13. The van der Waals surface area contributed by atoms with Gasteiger partial charge in [0.25, 0.3) is 5.91 Å². The summed E-state index contributed by atoms with van der Waals surface area (Å²) in [6.45, 7) is 5.13. The van der Waals surface area contributed by atoms with E-state index in [1.54, 1.807) is 0 Å². The highest BCUT2D eigenvalue weighted by Crippen LogP contribution is 2.29. The van der Waals surface area contributed by atoms with E-state index in [4.69, 9.17) is 9.15 Å². The first-order chi connectivity index (χ1) is 13.6. The molecule has 0 spiro atoms. The maximum absolute atomic E-state index is 12.6. The Morgan fingerprint density at radius 1 is 1.18 bits per heavy atom. The van der Waals surface area contributed by atoms with Crippen LogP contribution in [-0.4, -0.2) is 24.0 Å². The van der Waals surface area contributed by atoms with E-state index in [2.05, 4.69) is 12.1 Å². The fourth-order valence-corrected chi connectivity index (χ4v) is 3.80. The Kier molecular flexibility index (Phi) is 4.90. The minimum Gasteiger partial charge on any atom is -0.483 e. The molecule has 1 amide bonds. The molecule has 0 atom stereocenters. The molecule has 28 heavy (non-hydrogen) atoms. The second kappa shape index (κ2) is 7.50. The van der Waals surface area contributed by atoms with Crippen LogP contribution in [0.3, 0.4) is 0 Å². The molecule has 3 aromatic rings. The van der Waals surface area contributed by atoms with Crippen LogP contribution in [0.4, 0.5) is 0 Å². The van der Waals surface area contributed by atoms with E-state index in [1.807, 2.05) is 43.0 Å². The normalized spacial score (nSPS) is 13.4. The molecule has 0 saturated heterocycles. The van der Waals surface area contributed by atoms with Gasteiger partial charge in [0.1, 0.15) is 11.3 Å². The van der Waals surface area contributed by atoms with E-state index in [0.29, 0.717) is 24.4 Å². The Morgan fingerprint density at radius 2 is 1.96 bits per heavy atom. The van der Waals surface area contributed by atoms with Crippen molar-refractivity contribution in [2.45, 2.75) is 33.2 Å². The zero-order valence-corrected chi connectivity index (χ0v) is 16.2. The molecule has 0 bridgehead atoms. The monoisotopic (exact) mass is 377 g/mol. The highest BCUT2D eigenvalue weighted by atomic mass is 16.5. The number of fused-ring (bicyclic) bond motifs is 2. The maximum Gasteiger partial charge on any atom is 0.336 e. The molecule has 1 aliphatic heterocycles. The molecule has 144 valence electrons. The molecule has 0 N–H and O–H groups in total. The lowest BCUT2D eigenvalue weighted by atomic mass is 10.00. The number of rotatable bonds is 4. The molecule has 0 saturated carbocycles. The summed E-state index contributed by atoms with van der Waals surface area (Å²) in [6, 6.07) is 13.5. The van der Waals surface area contributed by atoms with Crippen molar-refractivity contribution in [1.82, 2.24) is 4.90 Å². The average molecular weight is 377 g/mol. The Hall–Kier alpha value is -3.08. The van der Waals surface area contributed by atoms with Crippen LogP contribution in [0.5, 0.6) is 5.75 Å². The predicted octanol–water partition coefficient (Wildman–Crippen LogP) is 3.63. The number of ether oxygens (including phenoxy) is 1. The van der Waals surface area contributed by atoms with Crippen molar-refractivity contribution in [3.05, 3.63) is 75.1 Å². The van der Waals surface area contributed by atoms with Crippen molar-refractivity contribution in [3.8, 4) is 5.75 Å². The van der Waals surface area contributed by atoms with Gasteiger partial charge in [0, 0.05) is 30.1 Å². The second-order valence-electron chi connectivity index (χ2n) is 7.13. The molecular formula is C23H23NO4. The zero-order valence-electron chi connectivity index (χ0n) is 16.2. The van der Waals surface area contributed by atoms with E-state index in [-0.39, 0.29) is 18.1 Å². The lowest BCUT2D eigenvalue weighted by Crippen LogP contribution is -2.38. The number of benzene rings is 2. The number of carbonyl (C=O) groups is 1. The molecule has 1 aliphatic rings. The molecule has 0 aliphatic carbocycles. The van der Waals surface area contributed by atoms with Crippen molar-refractivity contribution in [2.75, 3.05) is 13.2 Å². The van der Waals surface area contributed by atoms with E-state index in [1.165, 1.54) is 17.2 Å². The summed E-state index contributed by atoms with van der Waals surface area (Å²) in [4.78, 5) is 26.3. The van der Waals surface area contributed by atoms with Gasteiger partial charge in [-0.05, 0) is 48.6 Å². The summed E-state index contributed by atoms with van der Waals surface area (Å²) < 4.78 is 11.2. The van der Waals surface area contributed by atoms with Crippen LogP contribution in [0.2, 0.25) is 0 Å². The van der Waals surface area contributed by atoms with Crippen LogP contribution in [0.15, 0.2) is 51.7 Å². The number of amides is 1. The molecule has 1 aromatic heterocycles. The lowest BCUT2D eigenvalue weighted by Gasteiger charge is -2.28. The molecule has 0 unspecified atom stereocenters. The third kappa shape index (κ3) is 3.40. The Bertz CT molecular complexity index is 1100. The van der Waals surface area contributed by atoms with Crippen molar-refractivity contribution >= 4 is 16.9 Å². The minimum atomic E-state index is -0.368. The fourth-order valence-electron chi connectivity index (χ4n) is 3.80. The molecule has 2 heterocycles. The zero-order chi connectivity index (χ0) is 19.7. The highest BCUT2D eigenvalue weighted by Gasteiger charge is 2.21. The van der Waals surface area contributed by atoms with Crippen LogP contribution < -0.4 is 10.4 Å². The van der Waals surface area contributed by atoms with Gasteiger partial charge in [0.2, 0.25) is 0 Å². The summed E-state index contributed by atoms with van der Waals surface area (Å²) in [7, 11) is 0. The van der Waals surface area contributed by atoms with Gasteiger partial charge in [-0.25, -0.2) is 4.79 Å². The first-order valence-electron chi connectivity index (χ1n) is 9.60. The summed E-state index contributed by atoms with van der Waals surface area (Å²) in [6.07, 6.45) is 1.61. The third-order valence-corrected chi connectivity index (χ3v) is 5.41. The highest BCUT2D eigenvalue weighted by molar-refractivity contribution is 5.85. The average Bonchev–Trinajstić information content (AvgIpc) is 2.72. The SMILES string of the molecule is CCc1cc(=O)oc2c(C)c(OCC(=O)N3CCc4ccccc4C3)ccc12.